The van der Waals surface area contributed by atoms with Crippen LogP contribution in [0, 0.1) is 11.8 Å². The lowest BCUT2D eigenvalue weighted by atomic mass is 9.79. The van der Waals surface area contributed by atoms with E-state index in [9.17, 15) is 4.79 Å². The number of carbonyl (C=O) groups is 1. The highest BCUT2D eigenvalue weighted by molar-refractivity contribution is 8.00. The summed E-state index contributed by atoms with van der Waals surface area (Å²) in [4.78, 5) is 10.8. The molecule has 3 heteroatoms. The van der Waals surface area contributed by atoms with E-state index in [1.54, 1.807) is 11.8 Å². The highest BCUT2D eigenvalue weighted by Gasteiger charge is 2.41. The second-order valence-electron chi connectivity index (χ2n) is 3.80. The van der Waals surface area contributed by atoms with Gasteiger partial charge in [0.25, 0.3) is 0 Å². The second kappa shape index (κ2) is 3.29. The molecule has 0 aromatic rings. The summed E-state index contributed by atoms with van der Waals surface area (Å²) >= 11 is 1.66. The summed E-state index contributed by atoms with van der Waals surface area (Å²) in [7, 11) is 0. The molecule has 1 heterocycles. The van der Waals surface area contributed by atoms with Gasteiger partial charge in [-0.25, -0.2) is 0 Å². The summed E-state index contributed by atoms with van der Waals surface area (Å²) in [5.74, 6) is 1.70. The monoisotopic (exact) mass is 186 g/mol. The van der Waals surface area contributed by atoms with Gasteiger partial charge in [0.05, 0.1) is 0 Å². The summed E-state index contributed by atoms with van der Waals surface area (Å²) in [5.41, 5.74) is 0. The normalized spacial score (nSPS) is 40.8. The van der Waals surface area contributed by atoms with Gasteiger partial charge in [-0.1, -0.05) is 12.8 Å². The first-order valence-electron chi connectivity index (χ1n) is 4.63. The van der Waals surface area contributed by atoms with Crippen molar-refractivity contribution >= 4 is 17.7 Å². The fraction of sp³-hybridized carbons (Fsp3) is 0.889. The molecule has 68 valence electrons. The van der Waals surface area contributed by atoms with Crippen molar-refractivity contribution in [1.29, 1.82) is 0 Å². The first kappa shape index (κ1) is 8.42. The smallest absolute Gasteiger partial charge is 0.316 e. The van der Waals surface area contributed by atoms with Crippen molar-refractivity contribution in [3.8, 4) is 0 Å². The predicted molar refractivity (Wildman–Crippen MR) is 49.3 cm³/mol. The zero-order chi connectivity index (χ0) is 8.55. The number of carboxylic acid groups (broad SMARTS) is 1. The molecule has 1 aliphatic carbocycles. The lowest BCUT2D eigenvalue weighted by Gasteiger charge is -2.26. The number of fused-ring (bicyclic) bond motifs is 1. The van der Waals surface area contributed by atoms with Crippen molar-refractivity contribution < 1.29 is 9.90 Å². The lowest BCUT2D eigenvalue weighted by molar-refractivity contribution is -0.137. The maximum atomic E-state index is 10.8. The van der Waals surface area contributed by atoms with Gasteiger partial charge in [0, 0.05) is 0 Å². The minimum atomic E-state index is -0.589. The van der Waals surface area contributed by atoms with Crippen LogP contribution in [0.4, 0.5) is 0 Å². The highest BCUT2D eigenvalue weighted by atomic mass is 32.2. The average molecular weight is 186 g/mol. The average Bonchev–Trinajstić information content (AvgIpc) is 2.47. The molecule has 12 heavy (non-hydrogen) atoms. The van der Waals surface area contributed by atoms with Crippen LogP contribution in [-0.2, 0) is 4.79 Å². The standard InChI is InChI=1S/C9H14O2S/c10-9(11)8-7-4-2-1-3-6(7)5-12-8/h6-8H,1-5H2,(H,10,11)/t6-,7-,8-/m0/s1. The molecule has 2 fully saturated rings. The van der Waals surface area contributed by atoms with E-state index >= 15 is 0 Å². The second-order valence-corrected chi connectivity index (χ2v) is 4.98. The molecule has 0 radical (unpaired) electrons. The van der Waals surface area contributed by atoms with Gasteiger partial charge in [-0.05, 0) is 30.4 Å². The van der Waals surface area contributed by atoms with E-state index in [2.05, 4.69) is 0 Å². The Morgan fingerprint density at radius 3 is 2.83 bits per heavy atom. The molecule has 2 rings (SSSR count). The summed E-state index contributed by atoms with van der Waals surface area (Å²) < 4.78 is 0. The number of hydrogen-bond acceptors (Lipinski definition) is 2. The van der Waals surface area contributed by atoms with Crippen molar-refractivity contribution in [1.82, 2.24) is 0 Å². The third kappa shape index (κ3) is 1.35. The van der Waals surface area contributed by atoms with Crippen molar-refractivity contribution in [2.75, 3.05) is 5.75 Å². The molecular formula is C9H14O2S. The zero-order valence-corrected chi connectivity index (χ0v) is 7.85. The summed E-state index contributed by atoms with van der Waals surface area (Å²) in [5, 5.41) is 8.84. The summed E-state index contributed by atoms with van der Waals surface area (Å²) in [6.45, 7) is 0. The van der Waals surface area contributed by atoms with Gasteiger partial charge >= 0.3 is 5.97 Å². The number of thioether (sulfide) groups is 1. The van der Waals surface area contributed by atoms with Gasteiger partial charge in [-0.3, -0.25) is 4.79 Å². The molecule has 1 N–H and O–H groups in total. The third-order valence-corrected chi connectivity index (χ3v) is 4.62. The first-order valence-corrected chi connectivity index (χ1v) is 5.68. The Morgan fingerprint density at radius 2 is 2.08 bits per heavy atom. The fourth-order valence-electron chi connectivity index (χ4n) is 2.45. The van der Waals surface area contributed by atoms with E-state index in [4.69, 9.17) is 5.11 Å². The largest absolute Gasteiger partial charge is 0.480 e. The van der Waals surface area contributed by atoms with Crippen LogP contribution >= 0.6 is 11.8 Å². The zero-order valence-electron chi connectivity index (χ0n) is 7.03. The number of aliphatic carboxylic acids is 1. The maximum absolute atomic E-state index is 10.8. The Hall–Kier alpha value is -0.180. The molecule has 2 nitrogen and oxygen atoms in total. The van der Waals surface area contributed by atoms with Crippen LogP contribution in [0.1, 0.15) is 25.7 Å². The van der Waals surface area contributed by atoms with E-state index in [1.807, 2.05) is 0 Å². The summed E-state index contributed by atoms with van der Waals surface area (Å²) in [6.07, 6.45) is 4.97. The van der Waals surface area contributed by atoms with Crippen LogP contribution in [0.3, 0.4) is 0 Å². The SMILES string of the molecule is O=C(O)[C@H]1SC[C@@H]2CCCC[C@@H]21. The van der Waals surface area contributed by atoms with Gasteiger partial charge in [0.1, 0.15) is 5.25 Å². The minimum Gasteiger partial charge on any atom is -0.480 e. The molecule has 0 unspecified atom stereocenters. The highest BCUT2D eigenvalue weighted by Crippen LogP contribution is 2.45. The van der Waals surface area contributed by atoms with E-state index < -0.39 is 5.97 Å². The molecule has 2 aliphatic rings. The predicted octanol–water partition coefficient (Wildman–Crippen LogP) is 1.99. The van der Waals surface area contributed by atoms with Gasteiger partial charge in [-0.2, -0.15) is 0 Å². The molecule has 1 aliphatic heterocycles. The number of carboxylic acids is 1. The van der Waals surface area contributed by atoms with Crippen LogP contribution in [-0.4, -0.2) is 22.1 Å². The summed E-state index contributed by atoms with van der Waals surface area (Å²) in [6, 6.07) is 0. The Balaban J connectivity index is 2.05. The quantitative estimate of drug-likeness (QED) is 0.680. The molecule has 3 atom stereocenters. The van der Waals surface area contributed by atoms with E-state index in [0.29, 0.717) is 11.8 Å². The number of hydrogen-bond donors (Lipinski definition) is 1. The van der Waals surface area contributed by atoms with E-state index in [0.717, 1.165) is 12.2 Å². The van der Waals surface area contributed by atoms with E-state index in [-0.39, 0.29) is 5.25 Å². The topological polar surface area (TPSA) is 37.3 Å². The Labute approximate surface area is 76.7 Å². The van der Waals surface area contributed by atoms with Crippen LogP contribution in [0.15, 0.2) is 0 Å². The Bertz CT molecular complexity index is 193. The van der Waals surface area contributed by atoms with Gasteiger partial charge in [0.2, 0.25) is 0 Å². The Kier molecular flexibility index (Phi) is 2.31. The van der Waals surface area contributed by atoms with Crippen LogP contribution in [0.25, 0.3) is 0 Å². The fourth-order valence-corrected chi connectivity index (χ4v) is 4.06. The molecule has 0 aromatic heterocycles. The Morgan fingerprint density at radius 1 is 1.33 bits per heavy atom. The van der Waals surface area contributed by atoms with Crippen molar-refractivity contribution in [3.63, 3.8) is 0 Å². The molecular weight excluding hydrogens is 172 g/mol. The third-order valence-electron chi connectivity index (χ3n) is 3.09. The molecule has 1 saturated heterocycles. The maximum Gasteiger partial charge on any atom is 0.316 e. The minimum absolute atomic E-state index is 0.0877. The van der Waals surface area contributed by atoms with E-state index in [1.165, 1.54) is 19.3 Å². The van der Waals surface area contributed by atoms with Crippen LogP contribution in [0.2, 0.25) is 0 Å². The van der Waals surface area contributed by atoms with Gasteiger partial charge in [0.15, 0.2) is 0 Å². The molecule has 0 bridgehead atoms. The molecule has 0 aromatic carbocycles. The lowest BCUT2D eigenvalue weighted by Crippen LogP contribution is -2.28. The van der Waals surface area contributed by atoms with Crippen molar-refractivity contribution in [2.24, 2.45) is 11.8 Å². The van der Waals surface area contributed by atoms with Crippen LogP contribution in [0.5, 0.6) is 0 Å². The molecule has 0 spiro atoms. The molecule has 0 amide bonds. The number of rotatable bonds is 1. The van der Waals surface area contributed by atoms with Crippen LogP contribution < -0.4 is 0 Å². The molecule has 1 saturated carbocycles. The van der Waals surface area contributed by atoms with Gasteiger partial charge in [-0.15, -0.1) is 11.8 Å². The van der Waals surface area contributed by atoms with Crippen molar-refractivity contribution in [3.05, 3.63) is 0 Å². The van der Waals surface area contributed by atoms with Crippen molar-refractivity contribution in [2.45, 2.75) is 30.9 Å². The van der Waals surface area contributed by atoms with Gasteiger partial charge < -0.3 is 5.11 Å². The first-order chi connectivity index (χ1) is 5.79.